The number of aliphatic hydroxyl groups excluding tert-OH is 1. The van der Waals surface area contributed by atoms with Crippen LogP contribution in [0, 0.1) is 28.6 Å². The minimum atomic E-state index is -1.06. The molecule has 128 valence electrons. The van der Waals surface area contributed by atoms with E-state index in [4.69, 9.17) is 11.6 Å². The van der Waals surface area contributed by atoms with Gasteiger partial charge in [0.05, 0.1) is 6.10 Å². The number of rotatable bonds is 0. The largest absolute Gasteiger partial charge is 0.508 e. The Morgan fingerprint density at radius 1 is 1.25 bits per heavy atom. The SMILES string of the molecule is C[C@]12CC[C@@H]3c4ccc(O)cc4C[C@@H](O)[C@H]3[C@@H]1CC[C@@]2(O)C#CCl. The van der Waals surface area contributed by atoms with Gasteiger partial charge in [0, 0.05) is 10.8 Å². The second-order valence-corrected chi connectivity index (χ2v) is 8.21. The number of aliphatic hydroxyl groups is 2. The van der Waals surface area contributed by atoms with Crippen LogP contribution >= 0.6 is 11.6 Å². The Morgan fingerprint density at radius 3 is 2.79 bits per heavy atom. The minimum absolute atomic E-state index is 0.131. The van der Waals surface area contributed by atoms with E-state index in [1.807, 2.05) is 6.07 Å². The Balaban J connectivity index is 1.75. The van der Waals surface area contributed by atoms with E-state index < -0.39 is 11.7 Å². The fourth-order valence-electron chi connectivity index (χ4n) is 5.89. The highest BCUT2D eigenvalue weighted by Gasteiger charge is 2.62. The molecule has 2 fully saturated rings. The van der Waals surface area contributed by atoms with Crippen molar-refractivity contribution in [3.63, 3.8) is 0 Å². The summed E-state index contributed by atoms with van der Waals surface area (Å²) in [6, 6.07) is 5.54. The molecule has 1 aromatic carbocycles. The van der Waals surface area contributed by atoms with Crippen molar-refractivity contribution in [1.82, 2.24) is 0 Å². The van der Waals surface area contributed by atoms with Crippen LogP contribution in [-0.4, -0.2) is 27.0 Å². The molecule has 0 bridgehead atoms. The second kappa shape index (κ2) is 5.39. The Labute approximate surface area is 147 Å². The first-order valence-corrected chi connectivity index (χ1v) is 9.12. The average Bonchev–Trinajstić information content (AvgIpc) is 2.79. The lowest BCUT2D eigenvalue weighted by Crippen LogP contribution is -2.53. The van der Waals surface area contributed by atoms with E-state index in [2.05, 4.69) is 18.2 Å². The van der Waals surface area contributed by atoms with Crippen LogP contribution in [0.25, 0.3) is 0 Å². The fourth-order valence-corrected chi connectivity index (χ4v) is 6.04. The maximum atomic E-state index is 11.1. The van der Waals surface area contributed by atoms with Crippen LogP contribution < -0.4 is 0 Å². The molecule has 2 saturated carbocycles. The van der Waals surface area contributed by atoms with Gasteiger partial charge in [0.1, 0.15) is 11.4 Å². The van der Waals surface area contributed by atoms with Crippen molar-refractivity contribution in [2.45, 2.75) is 56.7 Å². The molecule has 0 amide bonds. The summed E-state index contributed by atoms with van der Waals surface area (Å²) in [4.78, 5) is 0. The van der Waals surface area contributed by atoms with Gasteiger partial charge >= 0.3 is 0 Å². The van der Waals surface area contributed by atoms with Crippen molar-refractivity contribution in [2.75, 3.05) is 0 Å². The molecule has 3 aliphatic carbocycles. The second-order valence-electron chi connectivity index (χ2n) is 8.02. The van der Waals surface area contributed by atoms with Crippen LogP contribution in [0.2, 0.25) is 0 Å². The monoisotopic (exact) mass is 346 g/mol. The number of fused-ring (bicyclic) bond motifs is 5. The lowest BCUT2D eigenvalue weighted by Gasteiger charge is -2.53. The number of benzene rings is 1. The van der Waals surface area contributed by atoms with Crippen molar-refractivity contribution >= 4 is 11.6 Å². The van der Waals surface area contributed by atoms with E-state index in [1.54, 1.807) is 12.1 Å². The first-order chi connectivity index (χ1) is 11.4. The van der Waals surface area contributed by atoms with Gasteiger partial charge < -0.3 is 15.3 Å². The summed E-state index contributed by atoms with van der Waals surface area (Å²) in [5.74, 6) is 3.76. The van der Waals surface area contributed by atoms with Crippen LogP contribution in [0.5, 0.6) is 5.75 Å². The molecule has 0 spiro atoms. The number of hydrogen-bond acceptors (Lipinski definition) is 3. The third-order valence-corrected chi connectivity index (χ3v) is 7.23. The molecule has 0 aliphatic heterocycles. The molecule has 3 nitrogen and oxygen atoms in total. The van der Waals surface area contributed by atoms with Gasteiger partial charge in [-0.25, -0.2) is 0 Å². The van der Waals surface area contributed by atoms with E-state index in [-0.39, 0.29) is 28.9 Å². The Bertz CT molecular complexity index is 736. The van der Waals surface area contributed by atoms with Gasteiger partial charge in [0.15, 0.2) is 0 Å². The molecular weight excluding hydrogens is 324 g/mol. The van der Waals surface area contributed by atoms with E-state index in [0.717, 1.165) is 24.8 Å². The molecule has 0 heterocycles. The molecule has 0 radical (unpaired) electrons. The highest BCUT2D eigenvalue weighted by atomic mass is 35.5. The van der Waals surface area contributed by atoms with Gasteiger partial charge in [0.25, 0.3) is 0 Å². The van der Waals surface area contributed by atoms with Crippen molar-refractivity contribution in [2.24, 2.45) is 17.3 Å². The minimum Gasteiger partial charge on any atom is -0.508 e. The zero-order valence-corrected chi connectivity index (χ0v) is 14.6. The smallest absolute Gasteiger partial charge is 0.132 e. The number of aromatic hydroxyl groups is 1. The summed E-state index contributed by atoms with van der Waals surface area (Å²) >= 11 is 5.62. The fraction of sp³-hybridized carbons (Fsp3) is 0.600. The van der Waals surface area contributed by atoms with Crippen molar-refractivity contribution in [1.29, 1.82) is 0 Å². The number of phenols is 1. The Morgan fingerprint density at radius 2 is 2.04 bits per heavy atom. The van der Waals surface area contributed by atoms with Crippen molar-refractivity contribution in [3.8, 4) is 17.0 Å². The third kappa shape index (κ3) is 2.07. The van der Waals surface area contributed by atoms with Crippen LogP contribution in [-0.2, 0) is 6.42 Å². The van der Waals surface area contributed by atoms with Crippen molar-refractivity contribution in [3.05, 3.63) is 29.3 Å². The van der Waals surface area contributed by atoms with Crippen LogP contribution in [0.1, 0.15) is 49.7 Å². The molecular formula is C20H23ClO3. The number of halogens is 1. The molecule has 3 N–H and O–H groups in total. The maximum absolute atomic E-state index is 11.1. The van der Waals surface area contributed by atoms with Crippen molar-refractivity contribution < 1.29 is 15.3 Å². The van der Waals surface area contributed by atoms with E-state index >= 15 is 0 Å². The molecule has 24 heavy (non-hydrogen) atoms. The summed E-state index contributed by atoms with van der Waals surface area (Å²) in [6.07, 6.45) is 3.39. The molecule has 0 unspecified atom stereocenters. The molecule has 0 aromatic heterocycles. The lowest BCUT2D eigenvalue weighted by molar-refractivity contribution is -0.0901. The molecule has 0 saturated heterocycles. The topological polar surface area (TPSA) is 60.7 Å². The summed E-state index contributed by atoms with van der Waals surface area (Å²) in [5, 5.41) is 34.1. The van der Waals surface area contributed by atoms with Gasteiger partial charge in [-0.05, 0) is 84.7 Å². The molecule has 6 atom stereocenters. The van der Waals surface area contributed by atoms with Crippen LogP contribution in [0.3, 0.4) is 0 Å². The Kier molecular flexibility index (Phi) is 3.66. The normalized spacial score (nSPS) is 43.2. The highest BCUT2D eigenvalue weighted by Crippen LogP contribution is 2.64. The highest BCUT2D eigenvalue weighted by molar-refractivity contribution is 6.30. The van der Waals surface area contributed by atoms with Crippen LogP contribution in [0.4, 0.5) is 0 Å². The van der Waals surface area contributed by atoms with Gasteiger partial charge in [-0.2, -0.15) is 0 Å². The first-order valence-electron chi connectivity index (χ1n) is 8.75. The van der Waals surface area contributed by atoms with E-state index in [1.165, 1.54) is 5.56 Å². The number of phenolic OH excluding ortho intramolecular Hbond substituents is 1. The quantitative estimate of drug-likeness (QED) is 0.632. The Hall–Kier alpha value is -1.21. The standard InChI is InChI=1S/C20H23ClO3/c1-19-6-4-15-14-3-2-13(22)10-12(14)11-17(23)18(15)16(19)5-7-20(19,24)8-9-21/h2-3,10,15-18,22-24H,4-7,11H2,1H3/t15-,16+,17-,18-,19+,20-/m1/s1. The van der Waals surface area contributed by atoms with Gasteiger partial charge in [0.2, 0.25) is 0 Å². The summed E-state index contributed by atoms with van der Waals surface area (Å²) in [7, 11) is 0. The summed E-state index contributed by atoms with van der Waals surface area (Å²) in [5.41, 5.74) is 0.926. The lowest BCUT2D eigenvalue weighted by atomic mass is 9.52. The zero-order valence-electron chi connectivity index (χ0n) is 13.8. The van der Waals surface area contributed by atoms with E-state index in [9.17, 15) is 15.3 Å². The van der Waals surface area contributed by atoms with Crippen LogP contribution in [0.15, 0.2) is 18.2 Å². The van der Waals surface area contributed by atoms with Gasteiger partial charge in [-0.1, -0.05) is 18.9 Å². The molecule has 1 aromatic rings. The summed E-state index contributed by atoms with van der Waals surface area (Å²) in [6.45, 7) is 2.11. The molecule has 4 heteroatoms. The average molecular weight is 347 g/mol. The van der Waals surface area contributed by atoms with Gasteiger partial charge in [-0.15, -0.1) is 0 Å². The predicted molar refractivity (Wildman–Crippen MR) is 92.7 cm³/mol. The number of hydrogen-bond donors (Lipinski definition) is 3. The zero-order chi connectivity index (χ0) is 17.1. The predicted octanol–water partition coefficient (Wildman–Crippen LogP) is 3.15. The van der Waals surface area contributed by atoms with Gasteiger partial charge in [-0.3, -0.25) is 0 Å². The molecule has 4 rings (SSSR count). The molecule has 3 aliphatic rings. The van der Waals surface area contributed by atoms with E-state index in [0.29, 0.717) is 12.8 Å². The third-order valence-electron chi connectivity index (χ3n) is 7.14. The first kappa shape index (κ1) is 16.3. The maximum Gasteiger partial charge on any atom is 0.132 e. The summed E-state index contributed by atoms with van der Waals surface area (Å²) < 4.78 is 0.